The van der Waals surface area contributed by atoms with Gasteiger partial charge in [-0.15, -0.1) is 0 Å². The van der Waals surface area contributed by atoms with Crippen molar-refractivity contribution in [3.05, 3.63) is 24.3 Å². The van der Waals surface area contributed by atoms with Crippen LogP contribution >= 0.6 is 0 Å². The standard InChI is InChI=1S/C14H17NO3/c16-12-6-4-5-11(9-12)15-10-14(18-13(15)17)7-2-1-3-8-14/h4-6,9,16H,1-3,7-8,10H2. The zero-order valence-electron chi connectivity index (χ0n) is 10.3. The van der Waals surface area contributed by atoms with Gasteiger partial charge in [-0.1, -0.05) is 12.5 Å². The van der Waals surface area contributed by atoms with Crippen molar-refractivity contribution >= 4 is 11.8 Å². The van der Waals surface area contributed by atoms with Crippen molar-refractivity contribution < 1.29 is 14.6 Å². The third kappa shape index (κ3) is 1.92. The van der Waals surface area contributed by atoms with Crippen LogP contribution in [0, 0.1) is 0 Å². The first kappa shape index (κ1) is 11.4. The fraction of sp³-hybridized carbons (Fsp3) is 0.500. The second kappa shape index (κ2) is 4.19. The molecule has 2 fully saturated rings. The lowest BCUT2D eigenvalue weighted by molar-refractivity contribution is 0.0260. The van der Waals surface area contributed by atoms with E-state index in [2.05, 4.69) is 0 Å². The number of phenolic OH excluding ortho intramolecular Hbond substituents is 1. The molecule has 1 amide bonds. The number of anilines is 1. The fourth-order valence-corrected chi connectivity index (χ4v) is 2.94. The van der Waals surface area contributed by atoms with Crippen LogP contribution in [0.4, 0.5) is 10.5 Å². The molecule has 1 N–H and O–H groups in total. The first-order valence-corrected chi connectivity index (χ1v) is 6.48. The number of aromatic hydroxyl groups is 1. The molecule has 0 atom stereocenters. The van der Waals surface area contributed by atoms with Gasteiger partial charge in [0, 0.05) is 6.07 Å². The van der Waals surface area contributed by atoms with Crippen LogP contribution in [0.15, 0.2) is 24.3 Å². The second-order valence-electron chi connectivity index (χ2n) is 5.22. The Morgan fingerprint density at radius 3 is 2.72 bits per heavy atom. The predicted molar refractivity (Wildman–Crippen MR) is 67.7 cm³/mol. The summed E-state index contributed by atoms with van der Waals surface area (Å²) in [5, 5.41) is 9.48. The molecule has 0 unspecified atom stereocenters. The van der Waals surface area contributed by atoms with Gasteiger partial charge in [0.15, 0.2) is 0 Å². The van der Waals surface area contributed by atoms with Crippen molar-refractivity contribution in [3.63, 3.8) is 0 Å². The lowest BCUT2D eigenvalue weighted by Crippen LogP contribution is -2.36. The van der Waals surface area contributed by atoms with Gasteiger partial charge in [0.05, 0.1) is 12.2 Å². The Morgan fingerprint density at radius 1 is 1.22 bits per heavy atom. The first-order chi connectivity index (χ1) is 8.69. The highest BCUT2D eigenvalue weighted by Gasteiger charge is 2.46. The summed E-state index contributed by atoms with van der Waals surface area (Å²) in [6.45, 7) is 0.606. The summed E-state index contributed by atoms with van der Waals surface area (Å²) in [5.74, 6) is 0.171. The van der Waals surface area contributed by atoms with E-state index in [0.717, 1.165) is 25.7 Å². The Morgan fingerprint density at radius 2 is 2.00 bits per heavy atom. The van der Waals surface area contributed by atoms with Crippen LogP contribution in [0.2, 0.25) is 0 Å². The number of carbonyl (C=O) groups is 1. The minimum absolute atomic E-state index is 0.171. The fourth-order valence-electron chi connectivity index (χ4n) is 2.94. The van der Waals surface area contributed by atoms with Crippen molar-refractivity contribution in [1.29, 1.82) is 0 Å². The molecule has 1 aromatic carbocycles. The quantitative estimate of drug-likeness (QED) is 0.829. The van der Waals surface area contributed by atoms with Crippen molar-refractivity contribution in [2.45, 2.75) is 37.7 Å². The summed E-state index contributed by atoms with van der Waals surface area (Å²) in [5.41, 5.74) is 0.420. The maximum atomic E-state index is 12.0. The minimum Gasteiger partial charge on any atom is -0.508 e. The van der Waals surface area contributed by atoms with E-state index in [1.165, 1.54) is 6.42 Å². The van der Waals surface area contributed by atoms with Crippen LogP contribution in [0.25, 0.3) is 0 Å². The van der Waals surface area contributed by atoms with E-state index in [1.807, 2.05) is 6.07 Å². The molecule has 96 valence electrons. The van der Waals surface area contributed by atoms with Gasteiger partial charge in [0.2, 0.25) is 0 Å². The second-order valence-corrected chi connectivity index (χ2v) is 5.22. The van der Waals surface area contributed by atoms with Gasteiger partial charge in [-0.25, -0.2) is 4.79 Å². The third-order valence-corrected chi connectivity index (χ3v) is 3.88. The number of rotatable bonds is 1. The Labute approximate surface area is 106 Å². The molecule has 1 heterocycles. The molecule has 4 nitrogen and oxygen atoms in total. The molecule has 1 saturated heterocycles. The largest absolute Gasteiger partial charge is 0.508 e. The number of benzene rings is 1. The minimum atomic E-state index is -0.291. The number of nitrogens with zero attached hydrogens (tertiary/aromatic N) is 1. The number of ether oxygens (including phenoxy) is 1. The van der Waals surface area contributed by atoms with Crippen LogP contribution in [0.3, 0.4) is 0 Å². The van der Waals surface area contributed by atoms with Crippen molar-refractivity contribution in [2.75, 3.05) is 11.4 Å². The SMILES string of the molecule is O=C1OC2(CCCCC2)CN1c1cccc(O)c1. The van der Waals surface area contributed by atoms with Gasteiger partial charge in [-0.2, -0.15) is 0 Å². The Balaban J connectivity index is 1.84. The van der Waals surface area contributed by atoms with Crippen LogP contribution in [-0.4, -0.2) is 23.3 Å². The van der Waals surface area contributed by atoms with Gasteiger partial charge in [0.1, 0.15) is 11.4 Å². The zero-order chi connectivity index (χ0) is 12.6. The Hall–Kier alpha value is -1.71. The van der Waals surface area contributed by atoms with Gasteiger partial charge in [-0.3, -0.25) is 4.90 Å². The predicted octanol–water partition coefficient (Wildman–Crippen LogP) is 3.05. The monoisotopic (exact) mass is 247 g/mol. The lowest BCUT2D eigenvalue weighted by Gasteiger charge is -2.30. The molecule has 0 aromatic heterocycles. The van der Waals surface area contributed by atoms with E-state index in [9.17, 15) is 9.90 Å². The maximum Gasteiger partial charge on any atom is 0.415 e. The van der Waals surface area contributed by atoms with Crippen LogP contribution < -0.4 is 4.90 Å². The Kier molecular flexibility index (Phi) is 2.65. The highest BCUT2D eigenvalue weighted by Crippen LogP contribution is 2.39. The molecule has 1 aliphatic heterocycles. The molecule has 4 heteroatoms. The number of carbonyl (C=O) groups excluding carboxylic acids is 1. The molecule has 0 bridgehead atoms. The van der Waals surface area contributed by atoms with Crippen LogP contribution in [0.1, 0.15) is 32.1 Å². The van der Waals surface area contributed by atoms with Crippen LogP contribution in [-0.2, 0) is 4.74 Å². The summed E-state index contributed by atoms with van der Waals surface area (Å²) in [6, 6.07) is 6.76. The molecule has 1 spiro atoms. The third-order valence-electron chi connectivity index (χ3n) is 3.88. The summed E-state index contributed by atoms with van der Waals surface area (Å²) in [7, 11) is 0. The van der Waals surface area contributed by atoms with Crippen LogP contribution in [0.5, 0.6) is 5.75 Å². The van der Waals surface area contributed by atoms with Gasteiger partial charge >= 0.3 is 6.09 Å². The summed E-state index contributed by atoms with van der Waals surface area (Å²) in [6.07, 6.45) is 5.10. The molecular formula is C14H17NO3. The average molecular weight is 247 g/mol. The van der Waals surface area contributed by atoms with E-state index in [0.29, 0.717) is 12.2 Å². The highest BCUT2D eigenvalue weighted by molar-refractivity contribution is 5.90. The zero-order valence-corrected chi connectivity index (χ0v) is 10.3. The van der Waals surface area contributed by atoms with E-state index < -0.39 is 0 Å². The molecule has 1 aliphatic carbocycles. The maximum absolute atomic E-state index is 12.0. The molecule has 1 saturated carbocycles. The van der Waals surface area contributed by atoms with Crippen molar-refractivity contribution in [3.8, 4) is 5.75 Å². The average Bonchev–Trinajstić information content (AvgIpc) is 2.67. The highest BCUT2D eigenvalue weighted by atomic mass is 16.6. The van der Waals surface area contributed by atoms with E-state index in [1.54, 1.807) is 23.1 Å². The normalized spacial score (nSPS) is 22.2. The van der Waals surface area contributed by atoms with Crippen molar-refractivity contribution in [1.82, 2.24) is 0 Å². The lowest BCUT2D eigenvalue weighted by atomic mass is 9.85. The molecule has 1 aromatic rings. The molecular weight excluding hydrogens is 230 g/mol. The number of hydrogen-bond acceptors (Lipinski definition) is 3. The van der Waals surface area contributed by atoms with Gasteiger partial charge in [0.25, 0.3) is 0 Å². The summed E-state index contributed by atoms with van der Waals surface area (Å²) in [4.78, 5) is 13.6. The van der Waals surface area contributed by atoms with Gasteiger partial charge in [-0.05, 0) is 37.8 Å². The first-order valence-electron chi connectivity index (χ1n) is 6.48. The topological polar surface area (TPSA) is 49.8 Å². The van der Waals surface area contributed by atoms with Crippen molar-refractivity contribution in [2.24, 2.45) is 0 Å². The number of phenols is 1. The van der Waals surface area contributed by atoms with E-state index >= 15 is 0 Å². The number of hydrogen-bond donors (Lipinski definition) is 1. The molecule has 2 aliphatic rings. The summed E-state index contributed by atoms with van der Waals surface area (Å²) < 4.78 is 5.60. The Bertz CT molecular complexity index is 466. The molecule has 0 radical (unpaired) electrons. The molecule has 18 heavy (non-hydrogen) atoms. The van der Waals surface area contributed by atoms with Gasteiger partial charge < -0.3 is 9.84 Å². The van der Waals surface area contributed by atoms with E-state index in [-0.39, 0.29) is 17.4 Å². The molecule has 3 rings (SSSR count). The smallest absolute Gasteiger partial charge is 0.415 e. The number of amides is 1. The van der Waals surface area contributed by atoms with E-state index in [4.69, 9.17) is 4.74 Å². The summed E-state index contributed by atoms with van der Waals surface area (Å²) >= 11 is 0.